The smallest absolute Gasteiger partial charge is 0.306 e. The van der Waals surface area contributed by atoms with Gasteiger partial charge in [0.2, 0.25) is 0 Å². The number of unbranched alkanes of at least 4 members (excludes halogenated alkanes) is 5. The van der Waals surface area contributed by atoms with Crippen molar-refractivity contribution in [2.75, 3.05) is 0 Å². The zero-order valence-corrected chi connectivity index (χ0v) is 12.1. The molecule has 1 rings (SSSR count). The van der Waals surface area contributed by atoms with E-state index in [-0.39, 0.29) is 12.1 Å². The van der Waals surface area contributed by atoms with Crippen LogP contribution in [0, 0.1) is 0 Å². The minimum atomic E-state index is 0.0351. The monoisotopic (exact) mass is 254 g/mol. The van der Waals surface area contributed by atoms with Crippen LogP contribution in [0.1, 0.15) is 90.4 Å². The van der Waals surface area contributed by atoms with E-state index in [2.05, 4.69) is 6.92 Å². The molecule has 1 aliphatic rings. The topological polar surface area (TPSA) is 26.3 Å². The molecule has 0 radical (unpaired) electrons. The molecule has 0 aromatic heterocycles. The fourth-order valence-electron chi connectivity index (χ4n) is 2.65. The van der Waals surface area contributed by atoms with Crippen LogP contribution in [0.4, 0.5) is 0 Å². The quantitative estimate of drug-likeness (QED) is 0.472. The molecule has 1 saturated heterocycles. The maximum absolute atomic E-state index is 11.6. The van der Waals surface area contributed by atoms with Gasteiger partial charge in [0, 0.05) is 6.42 Å². The summed E-state index contributed by atoms with van der Waals surface area (Å²) in [4.78, 5) is 11.6. The third kappa shape index (κ3) is 7.73. The van der Waals surface area contributed by atoms with Crippen LogP contribution in [0.3, 0.4) is 0 Å². The minimum absolute atomic E-state index is 0.0351. The van der Waals surface area contributed by atoms with E-state index in [1.165, 1.54) is 57.8 Å². The summed E-state index contributed by atoms with van der Waals surface area (Å²) in [5.74, 6) is 0.0351. The Morgan fingerprint density at radius 3 is 2.56 bits per heavy atom. The standard InChI is InChI=1S/C16H30O2/c1-2-3-4-5-6-9-12-15-13-10-7-8-11-14-16(17)18-15/h15H,2-14H2,1H3. The van der Waals surface area contributed by atoms with Gasteiger partial charge in [0.15, 0.2) is 0 Å². The molecule has 0 amide bonds. The minimum Gasteiger partial charge on any atom is -0.462 e. The Hall–Kier alpha value is -0.530. The number of carbonyl (C=O) groups excluding carboxylic acids is 1. The van der Waals surface area contributed by atoms with Gasteiger partial charge in [-0.05, 0) is 32.1 Å². The molecule has 2 nitrogen and oxygen atoms in total. The van der Waals surface area contributed by atoms with Crippen molar-refractivity contribution < 1.29 is 9.53 Å². The Bertz CT molecular complexity index is 213. The molecule has 0 spiro atoms. The van der Waals surface area contributed by atoms with Crippen molar-refractivity contribution in [3.05, 3.63) is 0 Å². The van der Waals surface area contributed by atoms with Gasteiger partial charge >= 0.3 is 5.97 Å². The lowest BCUT2D eigenvalue weighted by atomic mass is 10.0. The molecule has 18 heavy (non-hydrogen) atoms. The molecule has 1 unspecified atom stereocenters. The van der Waals surface area contributed by atoms with Gasteiger partial charge in [-0.2, -0.15) is 0 Å². The predicted molar refractivity (Wildman–Crippen MR) is 75.6 cm³/mol. The van der Waals surface area contributed by atoms with E-state index < -0.39 is 0 Å². The number of cyclic esters (lactones) is 1. The van der Waals surface area contributed by atoms with E-state index in [0.717, 1.165) is 19.3 Å². The van der Waals surface area contributed by atoms with E-state index >= 15 is 0 Å². The Balaban J connectivity index is 2.11. The lowest BCUT2D eigenvalue weighted by molar-refractivity contribution is -0.149. The van der Waals surface area contributed by atoms with Crippen LogP contribution < -0.4 is 0 Å². The van der Waals surface area contributed by atoms with E-state index in [1.54, 1.807) is 0 Å². The van der Waals surface area contributed by atoms with Gasteiger partial charge in [0.25, 0.3) is 0 Å². The van der Waals surface area contributed by atoms with E-state index in [1.807, 2.05) is 0 Å². The van der Waals surface area contributed by atoms with Crippen LogP contribution in [-0.2, 0) is 9.53 Å². The molecule has 0 aromatic rings. The van der Waals surface area contributed by atoms with Crippen molar-refractivity contribution in [1.82, 2.24) is 0 Å². The lowest BCUT2D eigenvalue weighted by Gasteiger charge is -2.16. The second kappa shape index (κ2) is 10.4. The molecule has 106 valence electrons. The summed E-state index contributed by atoms with van der Waals surface area (Å²) in [6, 6.07) is 0. The number of hydrogen-bond donors (Lipinski definition) is 0. The zero-order valence-electron chi connectivity index (χ0n) is 12.1. The second-order valence-electron chi connectivity index (χ2n) is 5.62. The molecular weight excluding hydrogens is 224 g/mol. The molecule has 0 saturated carbocycles. The first kappa shape index (κ1) is 15.5. The van der Waals surface area contributed by atoms with Gasteiger partial charge in [-0.3, -0.25) is 4.79 Å². The average Bonchev–Trinajstić information content (AvgIpc) is 2.46. The highest BCUT2D eigenvalue weighted by atomic mass is 16.5. The van der Waals surface area contributed by atoms with Crippen LogP contribution in [0.15, 0.2) is 0 Å². The van der Waals surface area contributed by atoms with E-state index in [0.29, 0.717) is 6.42 Å². The molecule has 0 aromatic carbocycles. The van der Waals surface area contributed by atoms with Gasteiger partial charge < -0.3 is 4.74 Å². The molecule has 1 aliphatic heterocycles. The van der Waals surface area contributed by atoms with Crippen molar-refractivity contribution in [1.29, 1.82) is 0 Å². The van der Waals surface area contributed by atoms with E-state index in [9.17, 15) is 4.79 Å². The van der Waals surface area contributed by atoms with Crippen molar-refractivity contribution in [2.24, 2.45) is 0 Å². The van der Waals surface area contributed by atoms with Gasteiger partial charge in [-0.25, -0.2) is 0 Å². The van der Waals surface area contributed by atoms with Gasteiger partial charge in [0.1, 0.15) is 6.10 Å². The highest BCUT2D eigenvalue weighted by molar-refractivity contribution is 5.69. The average molecular weight is 254 g/mol. The Morgan fingerprint density at radius 1 is 1.00 bits per heavy atom. The van der Waals surface area contributed by atoms with Crippen molar-refractivity contribution in [3.63, 3.8) is 0 Å². The van der Waals surface area contributed by atoms with Gasteiger partial charge in [-0.1, -0.05) is 51.9 Å². The SMILES string of the molecule is CCCCCCCCC1CCCCCCC(=O)O1. The number of ether oxygens (including phenoxy) is 1. The van der Waals surface area contributed by atoms with Crippen LogP contribution in [0.2, 0.25) is 0 Å². The molecular formula is C16H30O2. The van der Waals surface area contributed by atoms with Crippen LogP contribution in [0.5, 0.6) is 0 Å². The Morgan fingerprint density at radius 2 is 1.72 bits per heavy atom. The maximum Gasteiger partial charge on any atom is 0.306 e. The summed E-state index contributed by atoms with van der Waals surface area (Å²) in [5, 5.41) is 0. The van der Waals surface area contributed by atoms with Gasteiger partial charge in [0.05, 0.1) is 0 Å². The first-order valence-electron chi connectivity index (χ1n) is 8.02. The number of carbonyl (C=O) groups is 1. The summed E-state index contributed by atoms with van der Waals surface area (Å²) in [5.41, 5.74) is 0. The van der Waals surface area contributed by atoms with Crippen molar-refractivity contribution in [2.45, 2.75) is 96.5 Å². The lowest BCUT2D eigenvalue weighted by Crippen LogP contribution is -2.17. The largest absolute Gasteiger partial charge is 0.462 e. The molecule has 1 fully saturated rings. The fourth-order valence-corrected chi connectivity index (χ4v) is 2.65. The molecule has 2 heteroatoms. The summed E-state index contributed by atoms with van der Waals surface area (Å²) in [6.07, 6.45) is 15.6. The Kier molecular flexibility index (Phi) is 8.97. The summed E-state index contributed by atoms with van der Waals surface area (Å²) < 4.78 is 5.56. The fraction of sp³-hybridized carbons (Fsp3) is 0.938. The number of hydrogen-bond acceptors (Lipinski definition) is 2. The molecule has 1 heterocycles. The summed E-state index contributed by atoms with van der Waals surface area (Å²) >= 11 is 0. The highest BCUT2D eigenvalue weighted by Gasteiger charge is 2.15. The van der Waals surface area contributed by atoms with Crippen LogP contribution in [-0.4, -0.2) is 12.1 Å². The van der Waals surface area contributed by atoms with Crippen LogP contribution in [0.25, 0.3) is 0 Å². The van der Waals surface area contributed by atoms with Crippen LogP contribution >= 0.6 is 0 Å². The molecule has 0 bridgehead atoms. The number of rotatable bonds is 7. The normalized spacial score (nSPS) is 21.8. The predicted octanol–water partition coefficient (Wildman–Crippen LogP) is 5.00. The summed E-state index contributed by atoms with van der Waals surface area (Å²) in [6.45, 7) is 2.25. The third-order valence-electron chi connectivity index (χ3n) is 3.83. The number of esters is 1. The van der Waals surface area contributed by atoms with E-state index in [4.69, 9.17) is 4.74 Å². The van der Waals surface area contributed by atoms with Gasteiger partial charge in [-0.15, -0.1) is 0 Å². The Labute approximate surface area is 112 Å². The zero-order chi connectivity index (χ0) is 13.1. The highest BCUT2D eigenvalue weighted by Crippen LogP contribution is 2.19. The molecule has 0 aliphatic carbocycles. The molecule has 0 N–H and O–H groups in total. The second-order valence-corrected chi connectivity index (χ2v) is 5.62. The molecule has 1 atom stereocenters. The first-order valence-corrected chi connectivity index (χ1v) is 8.02. The third-order valence-corrected chi connectivity index (χ3v) is 3.83. The van der Waals surface area contributed by atoms with Crippen molar-refractivity contribution in [3.8, 4) is 0 Å². The maximum atomic E-state index is 11.6. The van der Waals surface area contributed by atoms with Crippen molar-refractivity contribution >= 4 is 5.97 Å². The summed E-state index contributed by atoms with van der Waals surface area (Å²) in [7, 11) is 0. The first-order chi connectivity index (χ1) is 8.83.